The molecule has 0 bridgehead atoms. The van der Waals surface area contributed by atoms with Gasteiger partial charge in [0.05, 0.1) is 11.5 Å². The molecule has 32 heavy (non-hydrogen) atoms. The van der Waals surface area contributed by atoms with Gasteiger partial charge in [0.15, 0.2) is 5.75 Å². The Labute approximate surface area is 189 Å². The SMILES string of the molecule is Cc1nn(C)c(=O)c(-c2c(F)ccc(Cl)c2CCc2ccc(F)cc2)c1OC(=O)C(C)C. The van der Waals surface area contributed by atoms with Crippen LogP contribution >= 0.6 is 11.6 Å². The summed E-state index contributed by atoms with van der Waals surface area (Å²) >= 11 is 6.42. The molecule has 0 aliphatic heterocycles. The zero-order chi connectivity index (χ0) is 23.6. The Kier molecular flexibility index (Phi) is 7.09. The number of nitrogens with zero attached hydrogens (tertiary/aromatic N) is 2. The van der Waals surface area contributed by atoms with Crippen molar-refractivity contribution >= 4 is 17.6 Å². The Balaban J connectivity index is 2.19. The van der Waals surface area contributed by atoms with Crippen LogP contribution in [-0.2, 0) is 24.7 Å². The topological polar surface area (TPSA) is 61.2 Å². The smallest absolute Gasteiger partial charge is 0.313 e. The van der Waals surface area contributed by atoms with Gasteiger partial charge in [-0.05, 0) is 55.2 Å². The third-order valence-electron chi connectivity index (χ3n) is 5.07. The van der Waals surface area contributed by atoms with Gasteiger partial charge in [0.1, 0.15) is 17.3 Å². The highest BCUT2D eigenvalue weighted by molar-refractivity contribution is 6.31. The molecule has 0 amide bonds. The summed E-state index contributed by atoms with van der Waals surface area (Å²) in [5.41, 5.74) is 0.718. The van der Waals surface area contributed by atoms with E-state index in [0.717, 1.165) is 10.2 Å². The summed E-state index contributed by atoms with van der Waals surface area (Å²) in [7, 11) is 1.44. The van der Waals surface area contributed by atoms with Gasteiger partial charge in [-0.3, -0.25) is 9.59 Å². The van der Waals surface area contributed by atoms with E-state index < -0.39 is 23.3 Å². The van der Waals surface area contributed by atoms with Gasteiger partial charge in [-0.2, -0.15) is 5.10 Å². The summed E-state index contributed by atoms with van der Waals surface area (Å²) in [5, 5.41) is 4.36. The lowest BCUT2D eigenvalue weighted by Gasteiger charge is -2.18. The van der Waals surface area contributed by atoms with Gasteiger partial charge < -0.3 is 4.74 Å². The Bertz CT molecular complexity index is 1220. The van der Waals surface area contributed by atoms with Crippen molar-refractivity contribution in [1.82, 2.24) is 9.78 Å². The van der Waals surface area contributed by atoms with Crippen molar-refractivity contribution in [1.29, 1.82) is 0 Å². The number of ether oxygens (including phenoxy) is 1. The first-order valence-electron chi connectivity index (χ1n) is 10.1. The largest absolute Gasteiger partial charge is 0.423 e. The zero-order valence-corrected chi connectivity index (χ0v) is 19.0. The van der Waals surface area contributed by atoms with Crippen molar-refractivity contribution in [2.75, 3.05) is 0 Å². The van der Waals surface area contributed by atoms with Crippen LogP contribution in [0.15, 0.2) is 41.2 Å². The molecule has 3 rings (SSSR count). The number of aromatic nitrogens is 2. The maximum absolute atomic E-state index is 15.2. The monoisotopic (exact) mass is 460 g/mol. The number of rotatable bonds is 6. The molecular weight excluding hydrogens is 438 g/mol. The molecule has 0 unspecified atom stereocenters. The maximum Gasteiger partial charge on any atom is 0.313 e. The molecule has 0 saturated heterocycles. The molecule has 8 heteroatoms. The molecule has 1 heterocycles. The van der Waals surface area contributed by atoms with Crippen LogP contribution < -0.4 is 10.3 Å². The Hall–Kier alpha value is -3.06. The van der Waals surface area contributed by atoms with Crippen molar-refractivity contribution in [3.63, 3.8) is 0 Å². The number of carbonyl (C=O) groups excluding carboxylic acids is 1. The molecule has 2 aromatic carbocycles. The highest BCUT2D eigenvalue weighted by Crippen LogP contribution is 2.37. The molecule has 0 spiro atoms. The van der Waals surface area contributed by atoms with Crippen LogP contribution in [0.1, 0.15) is 30.7 Å². The van der Waals surface area contributed by atoms with Crippen molar-refractivity contribution in [3.8, 4) is 16.9 Å². The number of carbonyl (C=O) groups is 1. The minimum Gasteiger partial charge on any atom is -0.423 e. The van der Waals surface area contributed by atoms with E-state index in [-0.39, 0.29) is 39.8 Å². The molecule has 0 saturated carbocycles. The number of hydrogen-bond acceptors (Lipinski definition) is 4. The fraction of sp³-hybridized carbons (Fsp3) is 0.292. The second-order valence-electron chi connectivity index (χ2n) is 7.80. The van der Waals surface area contributed by atoms with Crippen LogP contribution in [0.4, 0.5) is 8.78 Å². The average Bonchev–Trinajstić information content (AvgIpc) is 2.74. The zero-order valence-electron chi connectivity index (χ0n) is 18.2. The Morgan fingerprint density at radius 1 is 1.09 bits per heavy atom. The van der Waals surface area contributed by atoms with E-state index in [2.05, 4.69) is 5.10 Å². The third-order valence-corrected chi connectivity index (χ3v) is 5.42. The first-order chi connectivity index (χ1) is 15.1. The van der Waals surface area contributed by atoms with Gasteiger partial charge in [0.25, 0.3) is 5.56 Å². The lowest BCUT2D eigenvalue weighted by molar-refractivity contribution is -0.137. The number of esters is 1. The van der Waals surface area contributed by atoms with E-state index >= 15 is 4.39 Å². The number of benzene rings is 2. The molecule has 168 valence electrons. The summed E-state index contributed by atoms with van der Waals surface area (Å²) in [6.07, 6.45) is 0.710. The highest BCUT2D eigenvalue weighted by Gasteiger charge is 2.26. The van der Waals surface area contributed by atoms with Crippen molar-refractivity contribution in [2.24, 2.45) is 13.0 Å². The molecule has 0 radical (unpaired) electrons. The standard InChI is InChI=1S/C24H23ClF2N2O3/c1-13(2)24(31)32-22-14(3)28-29(4)23(30)21(22)20-17(18(25)11-12-19(20)27)10-7-15-5-8-16(26)9-6-15/h5-6,8-9,11-13H,7,10H2,1-4H3. The number of hydrogen-bond donors (Lipinski definition) is 0. The summed E-state index contributed by atoms with van der Waals surface area (Å²) in [4.78, 5) is 25.4. The molecule has 1 aromatic heterocycles. The van der Waals surface area contributed by atoms with E-state index in [4.69, 9.17) is 16.3 Å². The molecule has 5 nitrogen and oxygen atoms in total. The van der Waals surface area contributed by atoms with Gasteiger partial charge in [0.2, 0.25) is 0 Å². The number of aryl methyl sites for hydroxylation is 3. The first kappa shape index (κ1) is 23.6. The average molecular weight is 461 g/mol. The van der Waals surface area contributed by atoms with E-state index in [0.29, 0.717) is 12.0 Å². The van der Waals surface area contributed by atoms with Gasteiger partial charge in [-0.25, -0.2) is 13.5 Å². The van der Waals surface area contributed by atoms with Crippen LogP contribution in [0.2, 0.25) is 5.02 Å². The predicted octanol–water partition coefficient (Wildman–Crippen LogP) is 5.03. The second-order valence-corrected chi connectivity index (χ2v) is 8.21. The molecule has 0 atom stereocenters. The summed E-state index contributed by atoms with van der Waals surface area (Å²) in [6, 6.07) is 8.53. The predicted molar refractivity (Wildman–Crippen MR) is 119 cm³/mol. The normalized spacial score (nSPS) is 11.1. The molecular formula is C24H23ClF2N2O3. The van der Waals surface area contributed by atoms with Gasteiger partial charge in [-0.1, -0.05) is 37.6 Å². The third kappa shape index (κ3) is 4.88. The molecule has 0 N–H and O–H groups in total. The lowest BCUT2D eigenvalue weighted by atomic mass is 9.94. The first-order valence-corrected chi connectivity index (χ1v) is 10.5. The van der Waals surface area contributed by atoms with E-state index in [1.54, 1.807) is 32.9 Å². The molecule has 0 fully saturated rings. The van der Waals surface area contributed by atoms with Crippen LogP contribution in [0.3, 0.4) is 0 Å². The summed E-state index contributed by atoms with van der Waals surface area (Å²) in [5.74, 6) is -2.15. The van der Waals surface area contributed by atoms with Gasteiger partial charge in [0, 0.05) is 17.6 Å². The van der Waals surface area contributed by atoms with Crippen LogP contribution in [0.5, 0.6) is 5.75 Å². The Morgan fingerprint density at radius 3 is 2.38 bits per heavy atom. The Morgan fingerprint density at radius 2 is 1.75 bits per heavy atom. The number of halogens is 3. The summed E-state index contributed by atoms with van der Waals surface area (Å²) in [6.45, 7) is 4.88. The quantitative estimate of drug-likeness (QED) is 0.484. The summed E-state index contributed by atoms with van der Waals surface area (Å²) < 4.78 is 35.0. The van der Waals surface area contributed by atoms with Crippen LogP contribution in [-0.4, -0.2) is 15.7 Å². The van der Waals surface area contributed by atoms with Gasteiger partial charge in [-0.15, -0.1) is 0 Å². The van der Waals surface area contributed by atoms with E-state index in [1.165, 1.54) is 31.3 Å². The molecule has 0 aliphatic carbocycles. The molecule has 0 aliphatic rings. The van der Waals surface area contributed by atoms with E-state index in [1.807, 2.05) is 0 Å². The minimum absolute atomic E-state index is 0.0303. The fourth-order valence-corrected chi connectivity index (χ4v) is 3.60. The highest BCUT2D eigenvalue weighted by atomic mass is 35.5. The minimum atomic E-state index is -0.673. The lowest BCUT2D eigenvalue weighted by Crippen LogP contribution is -2.26. The second kappa shape index (κ2) is 9.61. The van der Waals surface area contributed by atoms with Crippen molar-refractivity contribution in [3.05, 3.63) is 80.2 Å². The van der Waals surface area contributed by atoms with Crippen LogP contribution in [0, 0.1) is 24.5 Å². The fourth-order valence-electron chi connectivity index (χ4n) is 3.35. The van der Waals surface area contributed by atoms with E-state index in [9.17, 15) is 14.0 Å². The van der Waals surface area contributed by atoms with Crippen molar-refractivity contribution in [2.45, 2.75) is 33.6 Å². The molecule has 3 aromatic rings. The van der Waals surface area contributed by atoms with Gasteiger partial charge >= 0.3 is 5.97 Å². The van der Waals surface area contributed by atoms with Crippen LogP contribution in [0.25, 0.3) is 11.1 Å². The maximum atomic E-state index is 15.2. The van der Waals surface area contributed by atoms with Crippen molar-refractivity contribution < 1.29 is 18.3 Å².